The molecule has 152 valence electrons. The molecule has 3 aromatic carbocycles. The molecule has 2 heterocycles. The van der Waals surface area contributed by atoms with E-state index in [0.29, 0.717) is 0 Å². The first-order chi connectivity index (χ1) is 15.4. The van der Waals surface area contributed by atoms with Crippen molar-refractivity contribution < 1.29 is 4.42 Å². The van der Waals surface area contributed by atoms with Crippen LogP contribution >= 0.6 is 0 Å². The number of fused-ring (bicyclic) bond motifs is 3. The van der Waals surface area contributed by atoms with E-state index < -0.39 is 0 Å². The molecule has 5 aromatic rings. The van der Waals surface area contributed by atoms with E-state index in [0.717, 1.165) is 40.1 Å². The maximum Gasteiger partial charge on any atom is 0.144 e. The molecule has 2 aromatic heterocycles. The Bertz CT molecular complexity index is 1360. The lowest BCUT2D eigenvalue weighted by Gasteiger charge is -2.10. The first-order valence-corrected chi connectivity index (χ1v) is 11.3. The number of hydrogen-bond acceptors (Lipinski definition) is 2. The molecule has 2 nitrogen and oxygen atoms in total. The maximum absolute atomic E-state index is 6.43. The molecule has 0 bridgehead atoms. The average molecular weight is 404 g/mol. The van der Waals surface area contributed by atoms with Crippen molar-refractivity contribution in [3.63, 3.8) is 0 Å². The number of hydrogen-bond donors (Lipinski definition) is 0. The number of nitrogens with zero attached hydrogens (tertiary/aromatic N) is 1. The van der Waals surface area contributed by atoms with Gasteiger partial charge in [-0.3, -0.25) is 4.98 Å². The smallest absolute Gasteiger partial charge is 0.144 e. The van der Waals surface area contributed by atoms with E-state index in [2.05, 4.69) is 78.9 Å². The first-order valence-electron chi connectivity index (χ1n) is 11.3. The lowest BCUT2D eigenvalue weighted by Crippen LogP contribution is -1.99. The largest absolute Gasteiger partial charge is 0.455 e. The summed E-state index contributed by atoms with van der Waals surface area (Å²) in [4.78, 5) is 4.73. The van der Waals surface area contributed by atoms with Crippen molar-refractivity contribution in [1.82, 2.24) is 4.98 Å². The van der Waals surface area contributed by atoms with E-state index in [-0.39, 0.29) is 0 Å². The van der Waals surface area contributed by atoms with Gasteiger partial charge in [0.05, 0.1) is 5.69 Å². The lowest BCUT2D eigenvalue weighted by atomic mass is 9.96. The summed E-state index contributed by atoms with van der Waals surface area (Å²) in [6, 6.07) is 27.7. The summed E-state index contributed by atoms with van der Waals surface area (Å²) in [5.41, 5.74) is 7.71. The highest BCUT2D eigenvalue weighted by Gasteiger charge is 2.18. The predicted molar refractivity (Wildman–Crippen MR) is 128 cm³/mol. The Kier molecular flexibility index (Phi) is 4.57. The fraction of sp³-hybridized carbons (Fsp3) is 0.207. The molecule has 0 amide bonds. The Morgan fingerprint density at radius 1 is 0.806 bits per heavy atom. The summed E-state index contributed by atoms with van der Waals surface area (Å²) in [5.74, 6) is 0.825. The molecule has 0 aliphatic heterocycles. The molecule has 0 N–H and O–H groups in total. The van der Waals surface area contributed by atoms with Gasteiger partial charge in [0.25, 0.3) is 0 Å². The van der Waals surface area contributed by atoms with E-state index >= 15 is 0 Å². The molecule has 1 aliphatic rings. The standard InChI is InChI=1S/C29H25NO/c1-2-10-22(11-3-1)23-12-7-15-27-28(23)25-14-6-13-24(29(25)31-27)26-19-21(16-17-30-26)18-20-8-4-5-9-20/h1-3,6-7,10-17,19-20H,4-5,8-9,18H2. The van der Waals surface area contributed by atoms with Crippen molar-refractivity contribution in [2.45, 2.75) is 32.1 Å². The van der Waals surface area contributed by atoms with Crippen LogP contribution in [0.4, 0.5) is 0 Å². The normalized spacial score (nSPS) is 14.6. The van der Waals surface area contributed by atoms with Gasteiger partial charge in [0.1, 0.15) is 11.2 Å². The second-order valence-corrected chi connectivity index (χ2v) is 8.73. The summed E-state index contributed by atoms with van der Waals surface area (Å²) < 4.78 is 6.43. The summed E-state index contributed by atoms with van der Waals surface area (Å²) in [6.07, 6.45) is 8.59. The fourth-order valence-corrected chi connectivity index (χ4v) is 5.20. The minimum Gasteiger partial charge on any atom is -0.455 e. The monoisotopic (exact) mass is 403 g/mol. The third kappa shape index (κ3) is 3.33. The van der Waals surface area contributed by atoms with Gasteiger partial charge in [-0.15, -0.1) is 0 Å². The zero-order valence-electron chi connectivity index (χ0n) is 17.6. The fourth-order valence-electron chi connectivity index (χ4n) is 5.20. The van der Waals surface area contributed by atoms with E-state index in [1.54, 1.807) is 0 Å². The number of para-hydroxylation sites is 1. The highest BCUT2D eigenvalue weighted by molar-refractivity contribution is 6.15. The van der Waals surface area contributed by atoms with Gasteiger partial charge >= 0.3 is 0 Å². The van der Waals surface area contributed by atoms with Crippen LogP contribution in [0.2, 0.25) is 0 Å². The molecule has 0 unspecified atom stereocenters. The Morgan fingerprint density at radius 2 is 1.61 bits per heavy atom. The average Bonchev–Trinajstić information content (AvgIpc) is 3.47. The molecule has 0 spiro atoms. The van der Waals surface area contributed by atoms with Crippen LogP contribution in [0.1, 0.15) is 31.2 Å². The molecular formula is C29H25NO. The number of pyridine rings is 1. The van der Waals surface area contributed by atoms with E-state index in [1.807, 2.05) is 6.20 Å². The Morgan fingerprint density at radius 3 is 2.48 bits per heavy atom. The van der Waals surface area contributed by atoms with Crippen molar-refractivity contribution >= 4 is 21.9 Å². The molecule has 1 fully saturated rings. The van der Waals surface area contributed by atoms with Crippen molar-refractivity contribution in [2.24, 2.45) is 5.92 Å². The molecule has 6 rings (SSSR count). The number of aromatic nitrogens is 1. The van der Waals surface area contributed by atoms with Crippen LogP contribution < -0.4 is 0 Å². The number of rotatable bonds is 4. The van der Waals surface area contributed by atoms with Gasteiger partial charge < -0.3 is 4.42 Å². The third-order valence-electron chi connectivity index (χ3n) is 6.71. The third-order valence-corrected chi connectivity index (χ3v) is 6.71. The van der Waals surface area contributed by atoms with Crippen molar-refractivity contribution in [1.29, 1.82) is 0 Å². The topological polar surface area (TPSA) is 26.0 Å². The Hall–Kier alpha value is -3.39. The summed E-state index contributed by atoms with van der Waals surface area (Å²) >= 11 is 0. The quantitative estimate of drug-likeness (QED) is 0.303. The van der Waals surface area contributed by atoms with Crippen LogP contribution in [0.3, 0.4) is 0 Å². The van der Waals surface area contributed by atoms with E-state index in [1.165, 1.54) is 47.8 Å². The van der Waals surface area contributed by atoms with E-state index in [4.69, 9.17) is 9.40 Å². The summed E-state index contributed by atoms with van der Waals surface area (Å²) in [7, 11) is 0. The molecule has 2 heteroatoms. The number of benzene rings is 3. The minimum absolute atomic E-state index is 0.825. The summed E-state index contributed by atoms with van der Waals surface area (Å²) in [6.45, 7) is 0. The Labute approximate surface area is 182 Å². The van der Waals surface area contributed by atoms with Gasteiger partial charge in [-0.2, -0.15) is 0 Å². The zero-order chi connectivity index (χ0) is 20.6. The highest BCUT2D eigenvalue weighted by atomic mass is 16.3. The lowest BCUT2D eigenvalue weighted by molar-refractivity contribution is 0.546. The molecule has 31 heavy (non-hydrogen) atoms. The van der Waals surface area contributed by atoms with Crippen LogP contribution in [0.5, 0.6) is 0 Å². The molecule has 0 radical (unpaired) electrons. The van der Waals surface area contributed by atoms with Gasteiger partial charge in [0.2, 0.25) is 0 Å². The maximum atomic E-state index is 6.43. The first kappa shape index (κ1) is 18.4. The van der Waals surface area contributed by atoms with Gasteiger partial charge in [-0.05, 0) is 53.3 Å². The van der Waals surface area contributed by atoms with Crippen LogP contribution in [-0.4, -0.2) is 4.98 Å². The van der Waals surface area contributed by atoms with Gasteiger partial charge in [0.15, 0.2) is 0 Å². The van der Waals surface area contributed by atoms with Gasteiger partial charge in [-0.25, -0.2) is 0 Å². The number of furan rings is 1. The van der Waals surface area contributed by atoms with Crippen molar-refractivity contribution in [3.05, 3.63) is 90.6 Å². The van der Waals surface area contributed by atoms with Crippen LogP contribution in [-0.2, 0) is 6.42 Å². The molecule has 0 saturated heterocycles. The predicted octanol–water partition coefficient (Wildman–Crippen LogP) is 8.05. The van der Waals surface area contributed by atoms with Crippen molar-refractivity contribution in [3.8, 4) is 22.4 Å². The molecule has 0 atom stereocenters. The van der Waals surface area contributed by atoms with E-state index in [9.17, 15) is 0 Å². The van der Waals surface area contributed by atoms with Crippen molar-refractivity contribution in [2.75, 3.05) is 0 Å². The second kappa shape index (κ2) is 7.70. The van der Waals surface area contributed by atoms with Crippen LogP contribution in [0.15, 0.2) is 89.5 Å². The van der Waals surface area contributed by atoms with Crippen LogP contribution in [0, 0.1) is 5.92 Å². The Balaban J connectivity index is 1.50. The zero-order valence-corrected chi connectivity index (χ0v) is 17.6. The summed E-state index contributed by atoms with van der Waals surface area (Å²) in [5, 5.41) is 2.32. The highest BCUT2D eigenvalue weighted by Crippen LogP contribution is 2.40. The molecular weight excluding hydrogens is 378 g/mol. The van der Waals surface area contributed by atoms with Gasteiger partial charge in [-0.1, -0.05) is 80.3 Å². The molecule has 1 saturated carbocycles. The molecule has 1 aliphatic carbocycles. The van der Waals surface area contributed by atoms with Gasteiger partial charge in [0, 0.05) is 22.5 Å². The minimum atomic E-state index is 0.825. The van der Waals surface area contributed by atoms with Crippen LogP contribution in [0.25, 0.3) is 44.3 Å². The SMILES string of the molecule is c1ccc(-c2cccc3oc4c(-c5cc(CC6CCCC6)ccn5)cccc4c23)cc1. The second-order valence-electron chi connectivity index (χ2n) is 8.73.